The zero-order valence-corrected chi connectivity index (χ0v) is 5.44. The number of nitrogen functional groups attached to an aromatic ring is 1. The van der Waals surface area contributed by atoms with Crippen LogP contribution in [-0.4, -0.2) is 30.8 Å². The van der Waals surface area contributed by atoms with Gasteiger partial charge in [0.2, 0.25) is 5.82 Å². The van der Waals surface area contributed by atoms with Gasteiger partial charge < -0.3 is 5.73 Å². The summed E-state index contributed by atoms with van der Waals surface area (Å²) >= 11 is 0. The molecule has 0 radical (unpaired) electrons. The second-order valence-electron chi connectivity index (χ2n) is 1.94. The second-order valence-corrected chi connectivity index (χ2v) is 1.94. The van der Waals surface area contributed by atoms with Gasteiger partial charge in [-0.3, -0.25) is 5.10 Å². The molecular formula is C4H5N7. The van der Waals surface area contributed by atoms with E-state index in [0.717, 1.165) is 0 Å². The van der Waals surface area contributed by atoms with Crippen LogP contribution in [0.5, 0.6) is 0 Å². The van der Waals surface area contributed by atoms with E-state index in [0.29, 0.717) is 17.2 Å². The molecule has 2 heterocycles. The van der Waals surface area contributed by atoms with E-state index in [1.54, 1.807) is 0 Å². The number of anilines is 1. The summed E-state index contributed by atoms with van der Waals surface area (Å²) < 4.78 is 0. The van der Waals surface area contributed by atoms with Gasteiger partial charge in [-0.05, 0) is 5.21 Å². The van der Waals surface area contributed by atoms with Gasteiger partial charge in [-0.25, -0.2) is 0 Å². The molecule has 0 unspecified atom stereocenters. The van der Waals surface area contributed by atoms with E-state index in [1.165, 1.54) is 6.20 Å². The molecule has 0 saturated heterocycles. The highest BCUT2D eigenvalue weighted by molar-refractivity contribution is 5.65. The molecule has 0 aromatic carbocycles. The van der Waals surface area contributed by atoms with Gasteiger partial charge in [-0.15, -0.1) is 10.2 Å². The molecule has 0 bridgehead atoms. The minimum Gasteiger partial charge on any atom is -0.396 e. The SMILES string of the molecule is Nc1cn[nH]c1-c1nn[nH]n1. The number of aromatic amines is 2. The number of H-pyrrole nitrogens is 2. The van der Waals surface area contributed by atoms with Crippen molar-refractivity contribution in [3.05, 3.63) is 6.20 Å². The highest BCUT2D eigenvalue weighted by Crippen LogP contribution is 2.16. The van der Waals surface area contributed by atoms with E-state index in [4.69, 9.17) is 5.73 Å². The van der Waals surface area contributed by atoms with E-state index >= 15 is 0 Å². The molecule has 4 N–H and O–H groups in total. The maximum absolute atomic E-state index is 5.52. The van der Waals surface area contributed by atoms with Crippen molar-refractivity contribution in [3.63, 3.8) is 0 Å². The predicted molar refractivity (Wildman–Crippen MR) is 36.2 cm³/mol. The maximum Gasteiger partial charge on any atom is 0.224 e. The van der Waals surface area contributed by atoms with Gasteiger partial charge in [0.1, 0.15) is 5.69 Å². The Balaban J connectivity index is 2.53. The van der Waals surface area contributed by atoms with Crippen molar-refractivity contribution in [2.24, 2.45) is 0 Å². The number of hydrogen-bond donors (Lipinski definition) is 3. The van der Waals surface area contributed by atoms with E-state index in [9.17, 15) is 0 Å². The van der Waals surface area contributed by atoms with Crippen LogP contribution in [0.2, 0.25) is 0 Å². The zero-order valence-electron chi connectivity index (χ0n) is 5.44. The van der Waals surface area contributed by atoms with Crippen molar-refractivity contribution in [1.82, 2.24) is 30.8 Å². The summed E-state index contributed by atoms with van der Waals surface area (Å²) in [5.74, 6) is 0.417. The number of nitrogens with zero attached hydrogens (tertiary/aromatic N) is 4. The van der Waals surface area contributed by atoms with Gasteiger partial charge >= 0.3 is 0 Å². The number of nitrogens with one attached hydrogen (secondary N) is 2. The number of tetrazole rings is 1. The molecule has 0 saturated carbocycles. The number of hydrogen-bond acceptors (Lipinski definition) is 5. The van der Waals surface area contributed by atoms with Crippen molar-refractivity contribution in [3.8, 4) is 11.5 Å². The van der Waals surface area contributed by atoms with Crippen molar-refractivity contribution in [1.29, 1.82) is 0 Å². The fourth-order valence-electron chi connectivity index (χ4n) is 0.742. The molecule has 7 nitrogen and oxygen atoms in total. The Morgan fingerprint density at radius 1 is 1.45 bits per heavy atom. The predicted octanol–water partition coefficient (Wildman–Crippen LogP) is -0.828. The number of rotatable bonds is 1. The Bertz CT molecular complexity index is 333. The van der Waals surface area contributed by atoms with Crippen molar-refractivity contribution in [2.45, 2.75) is 0 Å². The summed E-state index contributed by atoms with van der Waals surface area (Å²) in [5, 5.41) is 19.5. The molecule has 0 spiro atoms. The Morgan fingerprint density at radius 2 is 2.36 bits per heavy atom. The third kappa shape index (κ3) is 0.820. The summed E-state index contributed by atoms with van der Waals surface area (Å²) in [4.78, 5) is 0. The monoisotopic (exact) mass is 151 g/mol. The van der Waals surface area contributed by atoms with E-state index in [1.807, 2.05) is 0 Å². The first kappa shape index (κ1) is 5.83. The molecule has 0 aliphatic carbocycles. The zero-order chi connectivity index (χ0) is 7.68. The number of nitrogens with two attached hydrogens (primary N) is 1. The highest BCUT2D eigenvalue weighted by Gasteiger charge is 2.07. The van der Waals surface area contributed by atoms with Gasteiger partial charge in [0.15, 0.2) is 0 Å². The summed E-state index contributed by atoms with van der Waals surface area (Å²) in [6.07, 6.45) is 1.49. The van der Waals surface area contributed by atoms with Crippen molar-refractivity contribution >= 4 is 5.69 Å². The summed E-state index contributed by atoms with van der Waals surface area (Å²) in [6, 6.07) is 0. The van der Waals surface area contributed by atoms with Crippen LogP contribution < -0.4 is 5.73 Å². The normalized spacial score (nSPS) is 10.2. The molecule has 7 heteroatoms. The highest BCUT2D eigenvalue weighted by atomic mass is 15.5. The topological polar surface area (TPSA) is 109 Å². The summed E-state index contributed by atoms with van der Waals surface area (Å²) in [5.41, 5.74) is 6.60. The maximum atomic E-state index is 5.52. The Hall–Kier alpha value is -1.92. The molecule has 2 rings (SSSR count). The van der Waals surface area contributed by atoms with E-state index in [-0.39, 0.29) is 0 Å². The molecule has 0 amide bonds. The van der Waals surface area contributed by atoms with E-state index in [2.05, 4.69) is 30.8 Å². The van der Waals surface area contributed by atoms with Gasteiger partial charge in [0, 0.05) is 0 Å². The quantitative estimate of drug-likeness (QED) is 0.493. The minimum absolute atomic E-state index is 0.417. The molecule has 0 fully saturated rings. The fourth-order valence-corrected chi connectivity index (χ4v) is 0.742. The lowest BCUT2D eigenvalue weighted by molar-refractivity contribution is 0.881. The molecule has 2 aromatic heterocycles. The molecule has 0 aliphatic rings. The van der Waals surface area contributed by atoms with Crippen LogP contribution in [0, 0.1) is 0 Å². The van der Waals surface area contributed by atoms with Crippen LogP contribution in [0.25, 0.3) is 11.5 Å². The molecule has 11 heavy (non-hydrogen) atoms. The van der Waals surface area contributed by atoms with Gasteiger partial charge in [0.25, 0.3) is 0 Å². The van der Waals surface area contributed by atoms with E-state index < -0.39 is 0 Å². The molecule has 0 aliphatic heterocycles. The molecule has 2 aromatic rings. The van der Waals surface area contributed by atoms with Crippen molar-refractivity contribution in [2.75, 3.05) is 5.73 Å². The average molecular weight is 151 g/mol. The van der Waals surface area contributed by atoms with Crippen LogP contribution in [0.1, 0.15) is 0 Å². The lowest BCUT2D eigenvalue weighted by atomic mass is 10.4. The standard InChI is InChI=1S/C4H5N7/c5-2-1-6-7-3(2)4-8-10-11-9-4/h1H,5H2,(H,6,7)(H,8,9,10,11). The summed E-state index contributed by atoms with van der Waals surface area (Å²) in [7, 11) is 0. The van der Waals surface area contributed by atoms with Gasteiger partial charge in [0.05, 0.1) is 11.9 Å². The first-order chi connectivity index (χ1) is 5.38. The Morgan fingerprint density at radius 3 is 2.91 bits per heavy atom. The third-order valence-electron chi connectivity index (χ3n) is 1.24. The van der Waals surface area contributed by atoms with Crippen LogP contribution in [0.3, 0.4) is 0 Å². The largest absolute Gasteiger partial charge is 0.396 e. The fraction of sp³-hybridized carbons (Fsp3) is 0. The van der Waals surface area contributed by atoms with Crippen LogP contribution in [0.15, 0.2) is 6.20 Å². The van der Waals surface area contributed by atoms with Crippen LogP contribution in [0.4, 0.5) is 5.69 Å². The smallest absolute Gasteiger partial charge is 0.224 e. The minimum atomic E-state index is 0.417. The Labute approximate surface area is 61.0 Å². The van der Waals surface area contributed by atoms with Crippen molar-refractivity contribution < 1.29 is 0 Å². The number of aromatic nitrogens is 6. The molecular weight excluding hydrogens is 146 g/mol. The summed E-state index contributed by atoms with van der Waals surface area (Å²) in [6.45, 7) is 0. The lowest BCUT2D eigenvalue weighted by Gasteiger charge is -1.86. The van der Waals surface area contributed by atoms with Crippen LogP contribution in [-0.2, 0) is 0 Å². The Kier molecular flexibility index (Phi) is 1.08. The first-order valence-corrected chi connectivity index (χ1v) is 2.90. The molecule has 56 valence electrons. The van der Waals surface area contributed by atoms with Gasteiger partial charge in [-0.1, -0.05) is 0 Å². The van der Waals surface area contributed by atoms with Gasteiger partial charge in [-0.2, -0.15) is 10.3 Å². The third-order valence-corrected chi connectivity index (χ3v) is 1.24. The van der Waals surface area contributed by atoms with Crippen LogP contribution >= 0.6 is 0 Å². The second kappa shape index (κ2) is 2.04. The molecule has 0 atom stereocenters. The first-order valence-electron chi connectivity index (χ1n) is 2.90. The average Bonchev–Trinajstić information content (AvgIpc) is 2.55. The lowest BCUT2D eigenvalue weighted by Crippen LogP contribution is -1.88.